The quantitative estimate of drug-likeness (QED) is 0.471. The van der Waals surface area contributed by atoms with Crippen molar-refractivity contribution in [2.75, 3.05) is 20.3 Å². The standard InChI is InChI=1S/C21H22N2O4/c1-15-20(16(2)23(22-15)17-7-5-4-6-8-17)21(24)27-14-13-26-19-11-9-18(25-3)10-12-19/h4-12H,13-14H2,1-3H3. The molecule has 27 heavy (non-hydrogen) atoms. The summed E-state index contributed by atoms with van der Waals surface area (Å²) in [6.45, 7) is 4.08. The van der Waals surface area contributed by atoms with E-state index < -0.39 is 5.97 Å². The summed E-state index contributed by atoms with van der Waals surface area (Å²) in [5.41, 5.74) is 2.78. The molecule has 3 rings (SSSR count). The molecule has 0 aliphatic rings. The maximum atomic E-state index is 12.5. The Morgan fingerprint density at radius 2 is 1.63 bits per heavy atom. The van der Waals surface area contributed by atoms with Gasteiger partial charge in [0.2, 0.25) is 0 Å². The van der Waals surface area contributed by atoms with Gasteiger partial charge in [-0.05, 0) is 50.2 Å². The zero-order chi connectivity index (χ0) is 19.2. The van der Waals surface area contributed by atoms with E-state index in [0.29, 0.717) is 17.0 Å². The molecule has 1 aromatic heterocycles. The maximum Gasteiger partial charge on any atom is 0.342 e. The molecule has 6 heteroatoms. The predicted octanol–water partition coefficient (Wildman–Crippen LogP) is 3.73. The minimum absolute atomic E-state index is 0.153. The number of carbonyl (C=O) groups excluding carboxylic acids is 1. The third-order valence-electron chi connectivity index (χ3n) is 4.14. The number of aromatic nitrogens is 2. The molecule has 2 aromatic carbocycles. The number of methoxy groups -OCH3 is 1. The summed E-state index contributed by atoms with van der Waals surface area (Å²) in [7, 11) is 1.61. The van der Waals surface area contributed by atoms with Gasteiger partial charge >= 0.3 is 5.97 Å². The molecule has 0 aliphatic carbocycles. The van der Waals surface area contributed by atoms with Gasteiger partial charge in [0.15, 0.2) is 0 Å². The third-order valence-corrected chi connectivity index (χ3v) is 4.14. The fraction of sp³-hybridized carbons (Fsp3) is 0.238. The van der Waals surface area contributed by atoms with Crippen molar-refractivity contribution >= 4 is 5.97 Å². The molecule has 0 radical (unpaired) electrons. The lowest BCUT2D eigenvalue weighted by Crippen LogP contribution is -2.14. The summed E-state index contributed by atoms with van der Waals surface area (Å²) < 4.78 is 17.8. The van der Waals surface area contributed by atoms with E-state index in [1.807, 2.05) is 49.4 Å². The van der Waals surface area contributed by atoms with Crippen molar-refractivity contribution in [3.63, 3.8) is 0 Å². The van der Waals surface area contributed by atoms with Crippen molar-refractivity contribution in [2.24, 2.45) is 0 Å². The highest BCUT2D eigenvalue weighted by molar-refractivity contribution is 5.92. The highest BCUT2D eigenvalue weighted by atomic mass is 16.6. The molecule has 1 heterocycles. The number of esters is 1. The van der Waals surface area contributed by atoms with E-state index in [4.69, 9.17) is 14.2 Å². The van der Waals surface area contributed by atoms with Crippen LogP contribution in [-0.4, -0.2) is 36.1 Å². The van der Waals surface area contributed by atoms with E-state index in [1.165, 1.54) is 0 Å². The van der Waals surface area contributed by atoms with Gasteiger partial charge in [-0.2, -0.15) is 5.10 Å². The predicted molar refractivity (Wildman–Crippen MR) is 102 cm³/mol. The van der Waals surface area contributed by atoms with Crippen molar-refractivity contribution < 1.29 is 19.0 Å². The fourth-order valence-electron chi connectivity index (χ4n) is 2.80. The smallest absolute Gasteiger partial charge is 0.342 e. The van der Waals surface area contributed by atoms with Crippen LogP contribution in [-0.2, 0) is 4.74 Å². The molecule has 0 saturated carbocycles. The minimum atomic E-state index is -0.398. The van der Waals surface area contributed by atoms with Gasteiger partial charge in [0.05, 0.1) is 24.2 Å². The number of hydrogen-bond acceptors (Lipinski definition) is 5. The minimum Gasteiger partial charge on any atom is -0.497 e. The molecule has 6 nitrogen and oxygen atoms in total. The lowest BCUT2D eigenvalue weighted by molar-refractivity contribution is 0.0448. The molecule has 140 valence electrons. The molecule has 0 spiro atoms. The lowest BCUT2D eigenvalue weighted by Gasteiger charge is -2.08. The Kier molecular flexibility index (Phi) is 5.76. The highest BCUT2D eigenvalue weighted by Gasteiger charge is 2.20. The Balaban J connectivity index is 1.59. The molecule has 0 N–H and O–H groups in total. The average Bonchev–Trinajstić information content (AvgIpc) is 3.00. The zero-order valence-corrected chi connectivity index (χ0v) is 15.6. The van der Waals surface area contributed by atoms with Gasteiger partial charge < -0.3 is 14.2 Å². The number of nitrogens with zero attached hydrogens (tertiary/aromatic N) is 2. The van der Waals surface area contributed by atoms with Crippen LogP contribution in [0, 0.1) is 13.8 Å². The van der Waals surface area contributed by atoms with E-state index in [1.54, 1.807) is 30.8 Å². The van der Waals surface area contributed by atoms with Gasteiger partial charge in [0.1, 0.15) is 30.3 Å². The van der Waals surface area contributed by atoms with Gasteiger partial charge in [0.25, 0.3) is 0 Å². The summed E-state index contributed by atoms with van der Waals surface area (Å²) in [6.07, 6.45) is 0. The van der Waals surface area contributed by atoms with Crippen LogP contribution in [0.2, 0.25) is 0 Å². The van der Waals surface area contributed by atoms with Crippen molar-refractivity contribution in [3.8, 4) is 17.2 Å². The largest absolute Gasteiger partial charge is 0.497 e. The summed E-state index contributed by atoms with van der Waals surface area (Å²) in [5, 5.41) is 4.47. The van der Waals surface area contributed by atoms with Crippen molar-refractivity contribution in [3.05, 3.63) is 71.5 Å². The van der Waals surface area contributed by atoms with Crippen LogP contribution in [0.3, 0.4) is 0 Å². The summed E-state index contributed by atoms with van der Waals surface area (Å²) in [4.78, 5) is 12.5. The van der Waals surface area contributed by atoms with E-state index in [9.17, 15) is 4.79 Å². The Morgan fingerprint density at radius 3 is 2.30 bits per heavy atom. The second-order valence-corrected chi connectivity index (χ2v) is 5.95. The summed E-state index contributed by atoms with van der Waals surface area (Å²) in [6, 6.07) is 16.9. The topological polar surface area (TPSA) is 62.6 Å². The molecular formula is C21H22N2O4. The second-order valence-electron chi connectivity index (χ2n) is 5.95. The maximum absolute atomic E-state index is 12.5. The SMILES string of the molecule is COc1ccc(OCCOC(=O)c2c(C)nn(-c3ccccc3)c2C)cc1. The van der Waals surface area contributed by atoms with Crippen molar-refractivity contribution in [2.45, 2.75) is 13.8 Å². The number of hydrogen-bond donors (Lipinski definition) is 0. The van der Waals surface area contributed by atoms with Gasteiger partial charge in [-0.15, -0.1) is 0 Å². The zero-order valence-electron chi connectivity index (χ0n) is 15.6. The summed E-state index contributed by atoms with van der Waals surface area (Å²) in [5.74, 6) is 1.05. The first-order valence-electron chi connectivity index (χ1n) is 8.65. The molecular weight excluding hydrogens is 344 g/mol. The van der Waals surface area contributed by atoms with Crippen LogP contribution in [0.5, 0.6) is 11.5 Å². The van der Waals surface area contributed by atoms with Gasteiger partial charge in [-0.25, -0.2) is 9.48 Å². The molecule has 3 aromatic rings. The first kappa shape index (κ1) is 18.5. The first-order valence-corrected chi connectivity index (χ1v) is 8.65. The number of aryl methyl sites for hydroxylation is 1. The summed E-state index contributed by atoms with van der Waals surface area (Å²) >= 11 is 0. The normalized spacial score (nSPS) is 10.5. The first-order chi connectivity index (χ1) is 13.1. The Hall–Kier alpha value is -3.28. The molecule has 0 atom stereocenters. The van der Waals surface area contributed by atoms with Crippen LogP contribution in [0.25, 0.3) is 5.69 Å². The third kappa shape index (κ3) is 4.28. The second kappa shape index (κ2) is 8.40. The van der Waals surface area contributed by atoms with E-state index in [0.717, 1.165) is 17.1 Å². The van der Waals surface area contributed by atoms with Gasteiger partial charge in [0, 0.05) is 0 Å². The number of rotatable bonds is 7. The van der Waals surface area contributed by atoms with Gasteiger partial charge in [-0.1, -0.05) is 18.2 Å². The molecule has 0 unspecified atom stereocenters. The highest BCUT2D eigenvalue weighted by Crippen LogP contribution is 2.19. The van der Waals surface area contributed by atoms with Crippen LogP contribution in [0.4, 0.5) is 0 Å². The van der Waals surface area contributed by atoms with Crippen LogP contribution >= 0.6 is 0 Å². The van der Waals surface area contributed by atoms with Crippen molar-refractivity contribution in [1.29, 1.82) is 0 Å². The molecule has 0 bridgehead atoms. The fourth-order valence-corrected chi connectivity index (χ4v) is 2.80. The average molecular weight is 366 g/mol. The Morgan fingerprint density at radius 1 is 0.963 bits per heavy atom. The van der Waals surface area contributed by atoms with E-state index >= 15 is 0 Å². The number of benzene rings is 2. The molecule has 0 amide bonds. The van der Waals surface area contributed by atoms with Crippen LogP contribution in [0.15, 0.2) is 54.6 Å². The van der Waals surface area contributed by atoms with Gasteiger partial charge in [-0.3, -0.25) is 0 Å². The monoisotopic (exact) mass is 366 g/mol. The van der Waals surface area contributed by atoms with E-state index in [-0.39, 0.29) is 13.2 Å². The molecule has 0 fully saturated rings. The van der Waals surface area contributed by atoms with Crippen LogP contribution in [0.1, 0.15) is 21.7 Å². The van der Waals surface area contributed by atoms with Crippen LogP contribution < -0.4 is 9.47 Å². The Labute approximate surface area is 158 Å². The Bertz CT molecular complexity index is 902. The lowest BCUT2D eigenvalue weighted by atomic mass is 10.2. The number of carbonyl (C=O) groups is 1. The van der Waals surface area contributed by atoms with E-state index in [2.05, 4.69) is 5.10 Å². The molecule has 0 saturated heterocycles. The van der Waals surface area contributed by atoms with Crippen molar-refractivity contribution in [1.82, 2.24) is 9.78 Å². The molecule has 0 aliphatic heterocycles. The number of para-hydroxylation sites is 1. The number of ether oxygens (including phenoxy) is 3.